The summed E-state index contributed by atoms with van der Waals surface area (Å²) in [5, 5.41) is 3.38. The Balaban J connectivity index is 1.95. The van der Waals surface area contributed by atoms with Crippen LogP contribution in [0.5, 0.6) is 0 Å². The third kappa shape index (κ3) is 1.78. The molecule has 0 bridgehead atoms. The van der Waals surface area contributed by atoms with Crippen molar-refractivity contribution in [3.8, 4) is 0 Å². The van der Waals surface area contributed by atoms with E-state index in [2.05, 4.69) is 29.6 Å². The molecule has 0 aliphatic carbocycles. The fourth-order valence-corrected chi connectivity index (χ4v) is 2.58. The highest BCUT2D eigenvalue weighted by Gasteiger charge is 2.16. The molecule has 2 heterocycles. The maximum absolute atomic E-state index is 5.57. The Morgan fingerprint density at radius 1 is 1.13 bits per heavy atom. The topological polar surface area (TPSA) is 18.5 Å². The summed E-state index contributed by atoms with van der Waals surface area (Å²) >= 11 is 1.76. The standard InChI is InChI=1S/C12H12O2S/c1-5-13-12(14-6-1)10-2-3-11-9(8-10)4-7-15-11/h2-4,7-8,12H,1,5-6H2. The Labute approximate surface area is 92.4 Å². The lowest BCUT2D eigenvalue weighted by molar-refractivity contribution is -0.182. The van der Waals surface area contributed by atoms with Gasteiger partial charge in [-0.1, -0.05) is 6.07 Å². The van der Waals surface area contributed by atoms with Gasteiger partial charge in [0.25, 0.3) is 0 Å². The number of hydrogen-bond acceptors (Lipinski definition) is 3. The maximum atomic E-state index is 5.57. The second-order valence-corrected chi connectivity index (χ2v) is 4.59. The Hall–Kier alpha value is -0.900. The minimum Gasteiger partial charge on any atom is -0.348 e. The van der Waals surface area contributed by atoms with Gasteiger partial charge in [0.2, 0.25) is 0 Å². The van der Waals surface area contributed by atoms with Gasteiger partial charge < -0.3 is 9.47 Å². The molecule has 1 aliphatic heterocycles. The van der Waals surface area contributed by atoms with Gasteiger partial charge in [-0.3, -0.25) is 0 Å². The number of thiophene rings is 1. The molecule has 1 aromatic carbocycles. The highest BCUT2D eigenvalue weighted by atomic mass is 32.1. The van der Waals surface area contributed by atoms with E-state index in [0.717, 1.165) is 25.2 Å². The monoisotopic (exact) mass is 220 g/mol. The minimum absolute atomic E-state index is 0.164. The summed E-state index contributed by atoms with van der Waals surface area (Å²) in [6.45, 7) is 1.60. The van der Waals surface area contributed by atoms with Crippen molar-refractivity contribution in [2.24, 2.45) is 0 Å². The molecule has 1 aliphatic rings. The van der Waals surface area contributed by atoms with Gasteiger partial charge >= 0.3 is 0 Å². The Bertz CT molecular complexity index is 457. The molecule has 2 nitrogen and oxygen atoms in total. The second kappa shape index (κ2) is 3.93. The molecule has 0 N–H and O–H groups in total. The highest BCUT2D eigenvalue weighted by molar-refractivity contribution is 7.17. The van der Waals surface area contributed by atoms with Gasteiger partial charge in [-0.2, -0.15) is 0 Å². The fraction of sp³-hybridized carbons (Fsp3) is 0.333. The van der Waals surface area contributed by atoms with Crippen molar-refractivity contribution in [1.29, 1.82) is 0 Å². The Morgan fingerprint density at radius 3 is 2.87 bits per heavy atom. The molecular formula is C12H12O2S. The van der Waals surface area contributed by atoms with Crippen LogP contribution in [0.25, 0.3) is 10.1 Å². The van der Waals surface area contributed by atoms with Crippen molar-refractivity contribution in [1.82, 2.24) is 0 Å². The van der Waals surface area contributed by atoms with Crippen LogP contribution in [-0.2, 0) is 9.47 Å². The first-order valence-corrected chi connectivity index (χ1v) is 6.02. The third-order valence-corrected chi connectivity index (χ3v) is 3.47. The first-order chi connectivity index (χ1) is 7.43. The van der Waals surface area contributed by atoms with Gasteiger partial charge in [0.05, 0.1) is 13.2 Å². The number of rotatable bonds is 1. The van der Waals surface area contributed by atoms with Gasteiger partial charge in [-0.15, -0.1) is 11.3 Å². The molecule has 0 amide bonds. The Kier molecular flexibility index (Phi) is 2.44. The molecule has 1 saturated heterocycles. The molecule has 15 heavy (non-hydrogen) atoms. The van der Waals surface area contributed by atoms with Crippen LogP contribution in [0.1, 0.15) is 18.3 Å². The molecule has 0 atom stereocenters. The molecule has 0 radical (unpaired) electrons. The number of fused-ring (bicyclic) bond motifs is 1. The first kappa shape index (κ1) is 9.33. The van der Waals surface area contributed by atoms with E-state index >= 15 is 0 Å². The average molecular weight is 220 g/mol. The van der Waals surface area contributed by atoms with Crippen molar-refractivity contribution < 1.29 is 9.47 Å². The van der Waals surface area contributed by atoms with E-state index in [0.29, 0.717) is 0 Å². The lowest BCUT2D eigenvalue weighted by Crippen LogP contribution is -2.17. The first-order valence-electron chi connectivity index (χ1n) is 5.14. The molecule has 0 unspecified atom stereocenters. The summed E-state index contributed by atoms with van der Waals surface area (Å²) in [4.78, 5) is 0. The van der Waals surface area contributed by atoms with Gasteiger partial charge in [0.1, 0.15) is 0 Å². The van der Waals surface area contributed by atoms with Crippen molar-refractivity contribution in [3.63, 3.8) is 0 Å². The van der Waals surface area contributed by atoms with Crippen molar-refractivity contribution in [2.75, 3.05) is 13.2 Å². The lowest BCUT2D eigenvalue weighted by Gasteiger charge is -2.23. The summed E-state index contributed by atoms with van der Waals surface area (Å²) in [6.07, 6.45) is 0.833. The SMILES string of the molecule is c1cc2cc(C3OCCCO3)ccc2s1. The summed E-state index contributed by atoms with van der Waals surface area (Å²) in [6, 6.07) is 8.51. The molecule has 1 fully saturated rings. The summed E-state index contributed by atoms with van der Waals surface area (Å²) in [5.74, 6) is 0. The van der Waals surface area contributed by atoms with Crippen LogP contribution in [0.3, 0.4) is 0 Å². The van der Waals surface area contributed by atoms with E-state index in [-0.39, 0.29) is 6.29 Å². The Morgan fingerprint density at radius 2 is 2.00 bits per heavy atom. The number of hydrogen-bond donors (Lipinski definition) is 0. The van der Waals surface area contributed by atoms with Gasteiger partial charge in [0.15, 0.2) is 6.29 Å². The molecule has 78 valence electrons. The van der Waals surface area contributed by atoms with E-state index in [4.69, 9.17) is 9.47 Å². The number of ether oxygens (including phenoxy) is 2. The van der Waals surface area contributed by atoms with Crippen LogP contribution in [0, 0.1) is 0 Å². The molecule has 3 rings (SSSR count). The predicted octanol–water partition coefficient (Wildman–Crippen LogP) is 3.34. The van der Waals surface area contributed by atoms with Crippen molar-refractivity contribution in [2.45, 2.75) is 12.7 Å². The van der Waals surface area contributed by atoms with Crippen LogP contribution in [-0.4, -0.2) is 13.2 Å². The third-order valence-electron chi connectivity index (χ3n) is 2.58. The zero-order valence-electron chi connectivity index (χ0n) is 8.31. The average Bonchev–Trinajstić information content (AvgIpc) is 2.77. The van der Waals surface area contributed by atoms with E-state index in [9.17, 15) is 0 Å². The highest BCUT2D eigenvalue weighted by Crippen LogP contribution is 2.28. The molecule has 0 spiro atoms. The van der Waals surface area contributed by atoms with E-state index in [1.54, 1.807) is 11.3 Å². The van der Waals surface area contributed by atoms with Crippen molar-refractivity contribution >= 4 is 21.4 Å². The van der Waals surface area contributed by atoms with Crippen molar-refractivity contribution in [3.05, 3.63) is 35.2 Å². The smallest absolute Gasteiger partial charge is 0.183 e. The van der Waals surface area contributed by atoms with E-state index < -0.39 is 0 Å². The molecule has 3 heteroatoms. The maximum Gasteiger partial charge on any atom is 0.183 e. The van der Waals surface area contributed by atoms with Gasteiger partial charge in [0, 0.05) is 10.3 Å². The zero-order chi connectivity index (χ0) is 10.1. The van der Waals surface area contributed by atoms with Crippen LogP contribution in [0.4, 0.5) is 0 Å². The molecule has 0 saturated carbocycles. The fourth-order valence-electron chi connectivity index (χ4n) is 1.81. The van der Waals surface area contributed by atoms with Crippen LogP contribution < -0.4 is 0 Å². The molecule has 2 aromatic rings. The van der Waals surface area contributed by atoms with Crippen LogP contribution >= 0.6 is 11.3 Å². The van der Waals surface area contributed by atoms with Gasteiger partial charge in [-0.05, 0) is 35.4 Å². The normalized spacial score (nSPS) is 18.4. The van der Waals surface area contributed by atoms with E-state index in [1.807, 2.05) is 0 Å². The summed E-state index contributed by atoms with van der Waals surface area (Å²) in [7, 11) is 0. The minimum atomic E-state index is -0.164. The quantitative estimate of drug-likeness (QED) is 0.734. The lowest BCUT2D eigenvalue weighted by atomic mass is 10.1. The van der Waals surface area contributed by atoms with E-state index in [1.165, 1.54) is 10.1 Å². The molecule has 1 aromatic heterocycles. The zero-order valence-corrected chi connectivity index (χ0v) is 9.13. The van der Waals surface area contributed by atoms with Crippen LogP contribution in [0.15, 0.2) is 29.6 Å². The van der Waals surface area contributed by atoms with Crippen LogP contribution in [0.2, 0.25) is 0 Å². The molecular weight excluding hydrogens is 208 g/mol. The number of benzene rings is 1. The summed E-state index contributed by atoms with van der Waals surface area (Å²) in [5.41, 5.74) is 1.13. The van der Waals surface area contributed by atoms with Gasteiger partial charge in [-0.25, -0.2) is 0 Å². The second-order valence-electron chi connectivity index (χ2n) is 3.64. The largest absolute Gasteiger partial charge is 0.348 e. The predicted molar refractivity (Wildman–Crippen MR) is 61.1 cm³/mol. The summed E-state index contributed by atoms with van der Waals surface area (Å²) < 4.78 is 12.5.